The normalized spacial score (nSPS) is 22.0. The fourth-order valence-electron chi connectivity index (χ4n) is 3.69. The molecule has 0 aromatic heterocycles. The van der Waals surface area contributed by atoms with E-state index < -0.39 is 5.60 Å². The SMILES string of the molecule is CCCCc1cc(O)c(C2C=C(C)CCC2C(C)(C)O)c(O)c1. The van der Waals surface area contributed by atoms with Crippen LogP contribution in [0, 0.1) is 5.92 Å². The van der Waals surface area contributed by atoms with Crippen LogP contribution in [0.5, 0.6) is 11.5 Å². The average Bonchev–Trinajstić information content (AvgIpc) is 2.43. The first-order chi connectivity index (χ1) is 10.7. The molecule has 0 spiro atoms. The molecule has 0 amide bonds. The van der Waals surface area contributed by atoms with Gasteiger partial charge in [-0.1, -0.05) is 25.0 Å². The Morgan fingerprint density at radius 3 is 2.30 bits per heavy atom. The van der Waals surface area contributed by atoms with E-state index in [9.17, 15) is 15.3 Å². The quantitative estimate of drug-likeness (QED) is 0.692. The summed E-state index contributed by atoms with van der Waals surface area (Å²) in [4.78, 5) is 0. The average molecular weight is 318 g/mol. The van der Waals surface area contributed by atoms with Gasteiger partial charge >= 0.3 is 0 Å². The van der Waals surface area contributed by atoms with Gasteiger partial charge in [0.25, 0.3) is 0 Å². The maximum absolute atomic E-state index is 10.5. The highest BCUT2D eigenvalue weighted by Gasteiger charge is 2.38. The van der Waals surface area contributed by atoms with Crippen LogP contribution in [-0.2, 0) is 6.42 Å². The minimum absolute atomic E-state index is 0.0236. The number of aryl methyl sites for hydroxylation is 1. The summed E-state index contributed by atoms with van der Waals surface area (Å²) in [6, 6.07) is 3.54. The van der Waals surface area contributed by atoms with E-state index in [1.165, 1.54) is 5.57 Å². The Bertz CT molecular complexity index is 558. The van der Waals surface area contributed by atoms with E-state index in [1.807, 2.05) is 13.8 Å². The van der Waals surface area contributed by atoms with Crippen molar-refractivity contribution < 1.29 is 15.3 Å². The van der Waals surface area contributed by atoms with Crippen molar-refractivity contribution in [3.05, 3.63) is 34.9 Å². The van der Waals surface area contributed by atoms with Crippen LogP contribution >= 0.6 is 0 Å². The largest absolute Gasteiger partial charge is 0.507 e. The molecule has 3 N–H and O–H groups in total. The summed E-state index contributed by atoms with van der Waals surface area (Å²) in [6.45, 7) is 7.81. The maximum atomic E-state index is 10.5. The molecule has 0 bridgehead atoms. The van der Waals surface area contributed by atoms with Crippen LogP contribution in [0.25, 0.3) is 0 Å². The Morgan fingerprint density at radius 2 is 1.78 bits per heavy atom. The molecule has 0 fully saturated rings. The van der Waals surface area contributed by atoms with Crippen molar-refractivity contribution in [1.29, 1.82) is 0 Å². The first kappa shape index (κ1) is 17.9. The van der Waals surface area contributed by atoms with Gasteiger partial charge in [-0.15, -0.1) is 0 Å². The molecule has 0 heterocycles. The van der Waals surface area contributed by atoms with Gasteiger partial charge in [0.2, 0.25) is 0 Å². The Hall–Kier alpha value is -1.48. The number of phenolic OH excluding ortho intramolecular Hbond substituents is 2. The van der Waals surface area contributed by atoms with Gasteiger partial charge in [0.05, 0.1) is 5.60 Å². The van der Waals surface area contributed by atoms with E-state index in [0.717, 1.165) is 37.7 Å². The van der Waals surface area contributed by atoms with Crippen LogP contribution < -0.4 is 0 Å². The van der Waals surface area contributed by atoms with Crippen molar-refractivity contribution in [2.24, 2.45) is 5.92 Å². The Morgan fingerprint density at radius 1 is 1.17 bits per heavy atom. The van der Waals surface area contributed by atoms with E-state index >= 15 is 0 Å². The Balaban J connectivity index is 2.43. The zero-order valence-corrected chi connectivity index (χ0v) is 14.8. The van der Waals surface area contributed by atoms with Gasteiger partial charge < -0.3 is 15.3 Å². The second-order valence-corrected chi connectivity index (χ2v) is 7.49. The molecular formula is C20H30O3. The molecule has 0 radical (unpaired) electrons. The maximum Gasteiger partial charge on any atom is 0.123 e. The van der Waals surface area contributed by atoms with E-state index in [-0.39, 0.29) is 23.3 Å². The van der Waals surface area contributed by atoms with E-state index in [2.05, 4.69) is 19.9 Å². The topological polar surface area (TPSA) is 60.7 Å². The lowest BCUT2D eigenvalue weighted by atomic mass is 9.69. The first-order valence-electron chi connectivity index (χ1n) is 8.68. The van der Waals surface area contributed by atoms with Crippen molar-refractivity contribution >= 4 is 0 Å². The zero-order valence-electron chi connectivity index (χ0n) is 14.8. The minimum Gasteiger partial charge on any atom is -0.507 e. The van der Waals surface area contributed by atoms with E-state index in [1.54, 1.807) is 12.1 Å². The zero-order chi connectivity index (χ0) is 17.2. The summed E-state index contributed by atoms with van der Waals surface area (Å²) in [5, 5.41) is 31.6. The lowest BCUT2D eigenvalue weighted by molar-refractivity contribution is 0.00421. The summed E-state index contributed by atoms with van der Waals surface area (Å²) in [7, 11) is 0. The number of benzene rings is 1. The number of aliphatic hydroxyl groups is 1. The molecule has 0 aliphatic heterocycles. The fourth-order valence-corrected chi connectivity index (χ4v) is 3.69. The van der Waals surface area contributed by atoms with Gasteiger partial charge in [-0.25, -0.2) is 0 Å². The molecule has 23 heavy (non-hydrogen) atoms. The molecule has 1 aromatic carbocycles. The van der Waals surface area contributed by atoms with Gasteiger partial charge in [0, 0.05) is 11.5 Å². The number of rotatable bonds is 5. The standard InChI is InChI=1S/C20H30O3/c1-5-6-7-14-11-17(21)19(18(22)12-14)15-10-13(2)8-9-16(15)20(3,4)23/h10-12,15-16,21-23H,5-9H2,1-4H3. The van der Waals surface area contributed by atoms with E-state index in [0.29, 0.717) is 5.56 Å². The smallest absolute Gasteiger partial charge is 0.123 e. The van der Waals surface area contributed by atoms with Crippen molar-refractivity contribution in [2.45, 2.75) is 71.3 Å². The molecule has 1 aliphatic rings. The van der Waals surface area contributed by atoms with Crippen molar-refractivity contribution in [1.82, 2.24) is 0 Å². The van der Waals surface area contributed by atoms with Gasteiger partial charge in [-0.3, -0.25) is 0 Å². The molecule has 1 aromatic rings. The third-order valence-electron chi connectivity index (χ3n) is 5.00. The van der Waals surface area contributed by atoms with Crippen molar-refractivity contribution in [2.75, 3.05) is 0 Å². The van der Waals surface area contributed by atoms with Crippen molar-refractivity contribution in [3.63, 3.8) is 0 Å². The summed E-state index contributed by atoms with van der Waals surface area (Å²) >= 11 is 0. The van der Waals surface area contributed by atoms with Crippen LogP contribution in [0.4, 0.5) is 0 Å². The van der Waals surface area contributed by atoms with Gasteiger partial charge in [-0.05, 0) is 70.1 Å². The lowest BCUT2D eigenvalue weighted by Gasteiger charge is -2.38. The molecule has 0 saturated heterocycles. The lowest BCUT2D eigenvalue weighted by Crippen LogP contribution is -2.36. The van der Waals surface area contributed by atoms with Crippen LogP contribution in [-0.4, -0.2) is 20.9 Å². The van der Waals surface area contributed by atoms with Crippen molar-refractivity contribution in [3.8, 4) is 11.5 Å². The second-order valence-electron chi connectivity index (χ2n) is 7.49. The van der Waals surface area contributed by atoms with Crippen LogP contribution in [0.2, 0.25) is 0 Å². The molecule has 2 rings (SSSR count). The summed E-state index contributed by atoms with van der Waals surface area (Å²) in [5.41, 5.74) is 1.89. The Labute approximate surface area is 139 Å². The predicted molar refractivity (Wildman–Crippen MR) is 93.9 cm³/mol. The van der Waals surface area contributed by atoms with Gasteiger partial charge in [0.1, 0.15) is 11.5 Å². The van der Waals surface area contributed by atoms with E-state index in [4.69, 9.17) is 0 Å². The molecular weight excluding hydrogens is 288 g/mol. The Kier molecular flexibility index (Phi) is 5.41. The monoisotopic (exact) mass is 318 g/mol. The van der Waals surface area contributed by atoms with Crippen LogP contribution in [0.15, 0.2) is 23.8 Å². The predicted octanol–water partition coefficient (Wildman–Crippen LogP) is 4.65. The fraction of sp³-hybridized carbons (Fsp3) is 0.600. The highest BCUT2D eigenvalue weighted by molar-refractivity contribution is 5.51. The number of allylic oxidation sites excluding steroid dienone is 2. The van der Waals surface area contributed by atoms with Crippen LogP contribution in [0.3, 0.4) is 0 Å². The number of unbranched alkanes of at least 4 members (excludes halogenated alkanes) is 1. The highest BCUT2D eigenvalue weighted by Crippen LogP contribution is 2.47. The van der Waals surface area contributed by atoms with Gasteiger partial charge in [0.15, 0.2) is 0 Å². The first-order valence-corrected chi connectivity index (χ1v) is 8.68. The highest BCUT2D eigenvalue weighted by atomic mass is 16.3. The number of aromatic hydroxyl groups is 2. The third-order valence-corrected chi connectivity index (χ3v) is 5.00. The molecule has 3 heteroatoms. The molecule has 3 nitrogen and oxygen atoms in total. The third kappa shape index (κ3) is 4.08. The number of hydrogen-bond donors (Lipinski definition) is 3. The molecule has 1 aliphatic carbocycles. The number of hydrogen-bond acceptors (Lipinski definition) is 3. The van der Waals surface area contributed by atoms with Crippen LogP contribution in [0.1, 0.15) is 70.4 Å². The molecule has 0 saturated carbocycles. The summed E-state index contributed by atoms with van der Waals surface area (Å²) in [5.74, 6) is 0.0936. The molecule has 2 atom stereocenters. The molecule has 2 unspecified atom stereocenters. The summed E-state index contributed by atoms with van der Waals surface area (Å²) in [6.07, 6.45) is 6.86. The summed E-state index contributed by atoms with van der Waals surface area (Å²) < 4.78 is 0. The molecule has 128 valence electrons. The minimum atomic E-state index is -0.859. The second kappa shape index (κ2) is 6.96. The van der Waals surface area contributed by atoms with Gasteiger partial charge in [-0.2, -0.15) is 0 Å². The number of phenols is 2.